The molecule has 1 aliphatic heterocycles. The zero-order chi connectivity index (χ0) is 14.3. The van der Waals surface area contributed by atoms with Crippen LogP contribution in [0.4, 0.5) is 0 Å². The Labute approximate surface area is 116 Å². The number of aliphatic hydroxyl groups is 2. The summed E-state index contributed by atoms with van der Waals surface area (Å²) in [4.78, 5) is 12.0. The van der Waals surface area contributed by atoms with Crippen LogP contribution in [0.1, 0.15) is 12.6 Å². The molecule has 0 amide bonds. The van der Waals surface area contributed by atoms with Crippen molar-refractivity contribution in [2.75, 3.05) is 6.61 Å². The van der Waals surface area contributed by atoms with Crippen LogP contribution in [0.5, 0.6) is 0 Å². The van der Waals surface area contributed by atoms with Crippen LogP contribution in [0.25, 0.3) is 11.2 Å². The number of nitrogens with two attached hydrogens (primary N) is 1. The molecule has 1 unspecified atom stereocenters. The molecule has 3 rings (SSSR count). The summed E-state index contributed by atoms with van der Waals surface area (Å²) in [5, 5.41) is 24.3. The van der Waals surface area contributed by atoms with Gasteiger partial charge in [-0.3, -0.25) is 4.57 Å². The van der Waals surface area contributed by atoms with Gasteiger partial charge in [-0.15, -0.1) is 5.14 Å². The lowest BCUT2D eigenvalue weighted by Gasteiger charge is -2.13. The number of nitrogens with zero attached hydrogens (tertiary/aromatic N) is 4. The first-order chi connectivity index (χ1) is 9.61. The van der Waals surface area contributed by atoms with E-state index in [-0.39, 0.29) is 11.6 Å². The smallest absolute Gasteiger partial charge is 0.296 e. The Bertz CT molecular complexity index is 621. The van der Waals surface area contributed by atoms with Crippen molar-refractivity contribution in [1.82, 2.24) is 19.5 Å². The number of aromatic nitrogens is 4. The first-order valence-corrected chi connectivity index (χ1v) is 7.11. The minimum atomic E-state index is -1.76. The summed E-state index contributed by atoms with van der Waals surface area (Å²) >= 11 is -1.76. The second kappa shape index (κ2) is 5.24. The summed E-state index contributed by atoms with van der Waals surface area (Å²) in [5.74, 6) is 0. The van der Waals surface area contributed by atoms with Crippen LogP contribution in [0.2, 0.25) is 0 Å². The molecule has 2 aromatic heterocycles. The molecule has 0 saturated carbocycles. The molecule has 3 heterocycles. The fourth-order valence-electron chi connectivity index (χ4n) is 2.24. The van der Waals surface area contributed by atoms with Gasteiger partial charge in [-0.2, -0.15) is 4.98 Å². The molecule has 2 aromatic rings. The molecule has 20 heavy (non-hydrogen) atoms. The zero-order valence-electron chi connectivity index (χ0n) is 10.3. The van der Waals surface area contributed by atoms with Crippen LogP contribution >= 0.6 is 0 Å². The minimum Gasteiger partial charge on any atom is -0.592 e. The van der Waals surface area contributed by atoms with Crippen molar-refractivity contribution in [3.05, 3.63) is 12.7 Å². The number of imidazole rings is 1. The van der Waals surface area contributed by atoms with E-state index < -0.39 is 29.8 Å². The maximum atomic E-state index is 11.4. The number of hydrogen-bond acceptors (Lipinski definition) is 8. The molecule has 0 spiro atoms. The van der Waals surface area contributed by atoms with E-state index in [2.05, 4.69) is 15.0 Å². The Balaban J connectivity index is 2.00. The molecule has 0 bridgehead atoms. The van der Waals surface area contributed by atoms with Crippen molar-refractivity contribution in [2.24, 2.45) is 5.14 Å². The third kappa shape index (κ3) is 2.16. The van der Waals surface area contributed by atoms with Gasteiger partial charge in [0.25, 0.3) is 5.03 Å². The monoisotopic (exact) mass is 299 g/mol. The lowest BCUT2D eigenvalue weighted by atomic mass is 10.2. The summed E-state index contributed by atoms with van der Waals surface area (Å²) in [6.45, 7) is -0.267. The molecule has 0 aromatic carbocycles. The average molecular weight is 299 g/mol. The zero-order valence-corrected chi connectivity index (χ0v) is 11.1. The van der Waals surface area contributed by atoms with E-state index in [1.807, 2.05) is 0 Å². The minimum absolute atomic E-state index is 0.144. The molecule has 0 radical (unpaired) electrons. The summed E-state index contributed by atoms with van der Waals surface area (Å²) < 4.78 is 18.5. The van der Waals surface area contributed by atoms with Crippen LogP contribution in [0.3, 0.4) is 0 Å². The topological polar surface area (TPSA) is 142 Å². The summed E-state index contributed by atoms with van der Waals surface area (Å²) in [5.41, 5.74) is 0.753. The van der Waals surface area contributed by atoms with Gasteiger partial charge in [0.05, 0.1) is 30.4 Å². The van der Waals surface area contributed by atoms with E-state index in [0.29, 0.717) is 17.6 Å². The van der Waals surface area contributed by atoms with E-state index in [4.69, 9.17) is 15.0 Å². The number of ether oxygens (including phenoxy) is 1. The van der Waals surface area contributed by atoms with Gasteiger partial charge in [-0.05, 0) is 0 Å². The van der Waals surface area contributed by atoms with Crippen molar-refractivity contribution in [1.29, 1.82) is 0 Å². The molecular formula is C10H13N5O4S. The van der Waals surface area contributed by atoms with Crippen LogP contribution in [-0.2, 0) is 16.1 Å². The maximum absolute atomic E-state index is 11.4. The normalized spacial score (nSPS) is 28.1. The van der Waals surface area contributed by atoms with Gasteiger partial charge in [0, 0.05) is 6.42 Å². The molecule has 1 fully saturated rings. The summed E-state index contributed by atoms with van der Waals surface area (Å²) in [7, 11) is 0. The van der Waals surface area contributed by atoms with E-state index >= 15 is 0 Å². The van der Waals surface area contributed by atoms with Crippen molar-refractivity contribution in [2.45, 2.75) is 29.9 Å². The van der Waals surface area contributed by atoms with Gasteiger partial charge in [-0.25, -0.2) is 9.97 Å². The Kier molecular flexibility index (Phi) is 3.58. The highest BCUT2D eigenvalue weighted by molar-refractivity contribution is 7.89. The van der Waals surface area contributed by atoms with Crippen molar-refractivity contribution < 1.29 is 19.5 Å². The quantitative estimate of drug-likeness (QED) is 0.456. The SMILES string of the molecule is N[S+]([O-])c1ncnc2c1ncn2[C@@H]1C[C@@H](O)[C@H](CO)O1. The fraction of sp³-hybridized carbons (Fsp3) is 0.500. The van der Waals surface area contributed by atoms with Gasteiger partial charge in [0.2, 0.25) is 0 Å². The Morgan fingerprint density at radius 3 is 2.95 bits per heavy atom. The van der Waals surface area contributed by atoms with Gasteiger partial charge in [0.1, 0.15) is 18.7 Å². The Hall–Kier alpha value is -1.30. The Morgan fingerprint density at radius 1 is 1.50 bits per heavy atom. The second-order valence-electron chi connectivity index (χ2n) is 4.42. The van der Waals surface area contributed by atoms with Crippen LogP contribution < -0.4 is 5.14 Å². The third-order valence-electron chi connectivity index (χ3n) is 3.21. The van der Waals surface area contributed by atoms with Crippen molar-refractivity contribution >= 4 is 22.5 Å². The van der Waals surface area contributed by atoms with Gasteiger partial charge in [-0.1, -0.05) is 0 Å². The van der Waals surface area contributed by atoms with Gasteiger partial charge >= 0.3 is 0 Å². The average Bonchev–Trinajstić information content (AvgIpc) is 3.01. The first kappa shape index (κ1) is 13.7. The molecule has 108 valence electrons. The lowest BCUT2D eigenvalue weighted by Crippen LogP contribution is -2.24. The Morgan fingerprint density at radius 2 is 2.30 bits per heavy atom. The molecule has 0 aliphatic carbocycles. The van der Waals surface area contributed by atoms with Crippen LogP contribution in [0, 0.1) is 0 Å². The van der Waals surface area contributed by atoms with E-state index in [9.17, 15) is 9.66 Å². The molecule has 4 N–H and O–H groups in total. The van der Waals surface area contributed by atoms with Crippen LogP contribution in [0.15, 0.2) is 17.7 Å². The van der Waals surface area contributed by atoms with Crippen molar-refractivity contribution in [3.63, 3.8) is 0 Å². The number of fused-ring (bicyclic) bond motifs is 1. The molecule has 1 aliphatic rings. The molecule has 10 heteroatoms. The molecule has 4 atom stereocenters. The highest BCUT2D eigenvalue weighted by Gasteiger charge is 2.35. The van der Waals surface area contributed by atoms with Crippen molar-refractivity contribution in [3.8, 4) is 0 Å². The predicted molar refractivity (Wildman–Crippen MR) is 67.5 cm³/mol. The van der Waals surface area contributed by atoms with Gasteiger partial charge in [0.15, 0.2) is 11.2 Å². The second-order valence-corrected chi connectivity index (χ2v) is 5.40. The highest BCUT2D eigenvalue weighted by atomic mass is 32.2. The van der Waals surface area contributed by atoms with Crippen LogP contribution in [-0.4, -0.2) is 53.1 Å². The number of rotatable bonds is 3. The predicted octanol–water partition coefficient (Wildman–Crippen LogP) is -1.55. The summed E-state index contributed by atoms with van der Waals surface area (Å²) in [6.07, 6.45) is 1.13. The number of hydrogen-bond donors (Lipinski definition) is 3. The number of aliphatic hydroxyl groups excluding tert-OH is 2. The van der Waals surface area contributed by atoms with E-state index in [0.717, 1.165) is 0 Å². The third-order valence-corrected chi connectivity index (χ3v) is 3.89. The lowest BCUT2D eigenvalue weighted by molar-refractivity contribution is -0.0432. The van der Waals surface area contributed by atoms with E-state index in [1.54, 1.807) is 4.57 Å². The first-order valence-electron chi connectivity index (χ1n) is 5.90. The largest absolute Gasteiger partial charge is 0.592 e. The fourth-order valence-corrected chi connectivity index (χ4v) is 2.72. The summed E-state index contributed by atoms with van der Waals surface area (Å²) in [6, 6.07) is 0. The van der Waals surface area contributed by atoms with E-state index in [1.165, 1.54) is 12.7 Å². The highest BCUT2D eigenvalue weighted by Crippen LogP contribution is 2.31. The molecule has 1 saturated heterocycles. The van der Waals surface area contributed by atoms with Gasteiger partial charge < -0.3 is 19.5 Å². The standard InChI is InChI=1S/C10H13N5O4S/c11-20(18)10-8-9(12-3-13-10)15(4-14-8)7-1-5(17)6(2-16)19-7/h3-7,16-17H,1-2,11H2/t5-,6+,7+,20?/m1/s1. The maximum Gasteiger partial charge on any atom is 0.296 e. The molecular weight excluding hydrogens is 286 g/mol. The molecule has 9 nitrogen and oxygen atoms in total.